The third-order valence-electron chi connectivity index (χ3n) is 3.17. The van der Waals surface area contributed by atoms with E-state index in [0.717, 1.165) is 34.4 Å². The highest BCUT2D eigenvalue weighted by Crippen LogP contribution is 2.37. The highest BCUT2D eigenvalue weighted by atomic mass is 16.5. The largest absolute Gasteiger partial charge is 0.507 e. The minimum absolute atomic E-state index is 0.303. The van der Waals surface area contributed by atoms with E-state index in [4.69, 9.17) is 4.74 Å². The fourth-order valence-electron chi connectivity index (χ4n) is 2.13. The van der Waals surface area contributed by atoms with Gasteiger partial charge in [0, 0.05) is 11.1 Å². The number of hydrogen-bond donors (Lipinski definition) is 1. The lowest BCUT2D eigenvalue weighted by Crippen LogP contribution is -1.91. The summed E-state index contributed by atoms with van der Waals surface area (Å²) in [6.45, 7) is 5.62. The first-order valence-electron chi connectivity index (χ1n) is 6.24. The lowest BCUT2D eigenvalue weighted by Gasteiger charge is -2.12. The van der Waals surface area contributed by atoms with Crippen molar-refractivity contribution < 1.29 is 9.84 Å². The molecule has 1 N–H and O–H groups in total. The number of hydrogen-bond acceptors (Lipinski definition) is 2. The maximum atomic E-state index is 10.2. The second-order valence-corrected chi connectivity index (χ2v) is 4.50. The minimum atomic E-state index is 0.303. The Morgan fingerprint density at radius 2 is 2.00 bits per heavy atom. The van der Waals surface area contributed by atoms with Crippen molar-refractivity contribution in [2.75, 3.05) is 7.11 Å². The van der Waals surface area contributed by atoms with E-state index >= 15 is 0 Å². The summed E-state index contributed by atoms with van der Waals surface area (Å²) >= 11 is 0. The van der Waals surface area contributed by atoms with Crippen LogP contribution in [-0.2, 0) is 6.42 Å². The molecule has 2 rings (SSSR count). The first-order chi connectivity index (χ1) is 9.17. The average Bonchev–Trinajstić information content (AvgIpc) is 2.42. The molecular formula is C17H18O2. The summed E-state index contributed by atoms with van der Waals surface area (Å²) in [4.78, 5) is 0. The molecule has 0 heterocycles. The topological polar surface area (TPSA) is 29.5 Å². The van der Waals surface area contributed by atoms with Crippen LogP contribution in [0.1, 0.15) is 11.1 Å². The van der Waals surface area contributed by atoms with Crippen molar-refractivity contribution in [1.82, 2.24) is 0 Å². The van der Waals surface area contributed by atoms with E-state index < -0.39 is 0 Å². The molecule has 0 aliphatic rings. The number of methoxy groups -OCH3 is 1. The molecule has 2 heteroatoms. The third-order valence-corrected chi connectivity index (χ3v) is 3.17. The Morgan fingerprint density at radius 3 is 2.68 bits per heavy atom. The van der Waals surface area contributed by atoms with Crippen LogP contribution in [0.5, 0.6) is 11.5 Å². The molecule has 0 atom stereocenters. The summed E-state index contributed by atoms with van der Waals surface area (Å²) in [5.41, 5.74) is 3.69. The van der Waals surface area contributed by atoms with E-state index in [0.29, 0.717) is 5.75 Å². The molecule has 0 aromatic heterocycles. The maximum Gasteiger partial charge on any atom is 0.127 e. The number of phenols is 1. The summed E-state index contributed by atoms with van der Waals surface area (Å²) in [5, 5.41) is 10.2. The number of allylic oxidation sites excluding steroid dienone is 1. The fourth-order valence-corrected chi connectivity index (χ4v) is 2.13. The van der Waals surface area contributed by atoms with Crippen molar-refractivity contribution in [2.24, 2.45) is 0 Å². The van der Waals surface area contributed by atoms with Crippen LogP contribution in [-0.4, -0.2) is 12.2 Å². The summed E-state index contributed by atoms with van der Waals surface area (Å²) in [7, 11) is 1.64. The van der Waals surface area contributed by atoms with Crippen LogP contribution < -0.4 is 4.74 Å². The summed E-state index contributed by atoms with van der Waals surface area (Å²) in [6.07, 6.45) is 2.66. The molecule has 2 aromatic rings. The molecule has 0 fully saturated rings. The number of aromatic hydroxyl groups is 1. The van der Waals surface area contributed by atoms with Gasteiger partial charge in [0.15, 0.2) is 0 Å². The van der Waals surface area contributed by atoms with Gasteiger partial charge in [0.2, 0.25) is 0 Å². The van der Waals surface area contributed by atoms with Crippen LogP contribution in [0.4, 0.5) is 0 Å². The Kier molecular flexibility index (Phi) is 3.91. The zero-order valence-corrected chi connectivity index (χ0v) is 11.3. The van der Waals surface area contributed by atoms with E-state index in [1.807, 2.05) is 49.4 Å². The first kappa shape index (κ1) is 13.2. The first-order valence-corrected chi connectivity index (χ1v) is 6.24. The lowest BCUT2D eigenvalue weighted by molar-refractivity contribution is 0.415. The van der Waals surface area contributed by atoms with Gasteiger partial charge >= 0.3 is 0 Å². The molecule has 0 saturated carbocycles. The molecule has 2 aromatic carbocycles. The molecule has 0 spiro atoms. The number of para-hydroxylation sites is 1. The third kappa shape index (κ3) is 2.63. The van der Waals surface area contributed by atoms with Crippen molar-refractivity contribution in [2.45, 2.75) is 13.3 Å². The Bertz CT molecular complexity index is 600. The molecule has 98 valence electrons. The zero-order valence-electron chi connectivity index (χ0n) is 11.3. The van der Waals surface area contributed by atoms with Crippen LogP contribution in [0.15, 0.2) is 49.1 Å². The molecule has 0 aliphatic carbocycles. The maximum absolute atomic E-state index is 10.2. The van der Waals surface area contributed by atoms with Crippen LogP contribution >= 0.6 is 0 Å². The Balaban J connectivity index is 2.55. The summed E-state index contributed by atoms with van der Waals surface area (Å²) < 4.78 is 5.44. The molecule has 0 bridgehead atoms. The van der Waals surface area contributed by atoms with Crippen LogP contribution in [0.3, 0.4) is 0 Å². The van der Waals surface area contributed by atoms with E-state index in [-0.39, 0.29) is 0 Å². The predicted molar refractivity (Wildman–Crippen MR) is 78.7 cm³/mol. The smallest absolute Gasteiger partial charge is 0.127 e. The van der Waals surface area contributed by atoms with Gasteiger partial charge in [-0.3, -0.25) is 0 Å². The van der Waals surface area contributed by atoms with Gasteiger partial charge in [0.1, 0.15) is 11.5 Å². The van der Waals surface area contributed by atoms with Gasteiger partial charge in [-0.25, -0.2) is 0 Å². The van der Waals surface area contributed by atoms with E-state index in [1.54, 1.807) is 7.11 Å². The molecule has 0 saturated heterocycles. The van der Waals surface area contributed by atoms with Gasteiger partial charge in [-0.2, -0.15) is 0 Å². The number of phenolic OH excluding ortho intramolecular Hbond substituents is 1. The summed E-state index contributed by atoms with van der Waals surface area (Å²) in [6, 6.07) is 11.7. The highest BCUT2D eigenvalue weighted by Gasteiger charge is 2.11. The van der Waals surface area contributed by atoms with Gasteiger partial charge in [-0.1, -0.05) is 36.4 Å². The molecule has 0 unspecified atom stereocenters. The van der Waals surface area contributed by atoms with Crippen molar-refractivity contribution in [1.29, 1.82) is 0 Å². The van der Waals surface area contributed by atoms with Crippen molar-refractivity contribution >= 4 is 0 Å². The molecule has 0 amide bonds. The second-order valence-electron chi connectivity index (χ2n) is 4.50. The number of aryl methyl sites for hydroxylation is 1. The Morgan fingerprint density at radius 1 is 1.21 bits per heavy atom. The van der Waals surface area contributed by atoms with Crippen LogP contribution in [0.2, 0.25) is 0 Å². The van der Waals surface area contributed by atoms with Crippen LogP contribution in [0.25, 0.3) is 11.1 Å². The molecule has 2 nitrogen and oxygen atoms in total. The van der Waals surface area contributed by atoms with Crippen molar-refractivity contribution in [3.05, 3.63) is 60.2 Å². The Hall–Kier alpha value is -2.22. The fraction of sp³-hybridized carbons (Fsp3) is 0.176. The highest BCUT2D eigenvalue weighted by molar-refractivity contribution is 5.77. The van der Waals surface area contributed by atoms with E-state index in [9.17, 15) is 5.11 Å². The monoisotopic (exact) mass is 254 g/mol. The van der Waals surface area contributed by atoms with Gasteiger partial charge in [-0.05, 0) is 30.5 Å². The van der Waals surface area contributed by atoms with E-state index in [1.165, 1.54) is 0 Å². The Labute approximate surface area is 114 Å². The number of ether oxygens (including phenoxy) is 1. The van der Waals surface area contributed by atoms with E-state index in [2.05, 4.69) is 6.58 Å². The normalized spacial score (nSPS) is 10.2. The van der Waals surface area contributed by atoms with Gasteiger partial charge in [-0.15, -0.1) is 6.58 Å². The predicted octanol–water partition coefficient (Wildman–Crippen LogP) is 4.10. The number of benzene rings is 2. The van der Waals surface area contributed by atoms with Crippen molar-refractivity contribution in [3.8, 4) is 22.6 Å². The van der Waals surface area contributed by atoms with Crippen LogP contribution in [0, 0.1) is 6.92 Å². The average molecular weight is 254 g/mol. The van der Waals surface area contributed by atoms with Gasteiger partial charge < -0.3 is 9.84 Å². The van der Waals surface area contributed by atoms with Gasteiger partial charge in [0.05, 0.1) is 7.11 Å². The molecule has 0 radical (unpaired) electrons. The molecule has 0 aliphatic heterocycles. The SMILES string of the molecule is C=CCc1ccc(-c2cccc(C)c2O)c(OC)c1. The van der Waals surface area contributed by atoms with Gasteiger partial charge in [0.25, 0.3) is 0 Å². The minimum Gasteiger partial charge on any atom is -0.507 e. The summed E-state index contributed by atoms with van der Waals surface area (Å²) in [5.74, 6) is 1.07. The standard InChI is InChI=1S/C17H18O2/c1-4-6-13-9-10-14(16(11-13)19-3)15-8-5-7-12(2)17(15)18/h4-5,7-11,18H,1,6H2,2-3H3. The lowest BCUT2D eigenvalue weighted by atomic mass is 9.99. The molecular weight excluding hydrogens is 236 g/mol. The van der Waals surface area contributed by atoms with Crippen molar-refractivity contribution in [3.63, 3.8) is 0 Å². The molecule has 19 heavy (non-hydrogen) atoms. The quantitative estimate of drug-likeness (QED) is 0.832. The second kappa shape index (κ2) is 5.61. The number of rotatable bonds is 4. The zero-order chi connectivity index (χ0) is 13.8.